The van der Waals surface area contributed by atoms with Gasteiger partial charge in [0.1, 0.15) is 0 Å². The number of amides is 1. The molecule has 0 spiro atoms. The van der Waals surface area contributed by atoms with Crippen LogP contribution in [-0.2, 0) is 9.53 Å². The van der Waals surface area contributed by atoms with Gasteiger partial charge in [-0.3, -0.25) is 4.79 Å². The normalized spacial score (nSPS) is 29.4. The zero-order chi connectivity index (χ0) is 21.4. The summed E-state index contributed by atoms with van der Waals surface area (Å²) in [5, 5.41) is 3.16. The van der Waals surface area contributed by atoms with Crippen molar-refractivity contribution in [1.82, 2.24) is 5.32 Å². The zero-order valence-electron chi connectivity index (χ0n) is 18.2. The Labute approximate surface area is 184 Å². The lowest BCUT2D eigenvalue weighted by molar-refractivity contribution is -0.128. The summed E-state index contributed by atoms with van der Waals surface area (Å²) in [6.45, 7) is 1.92. The predicted octanol–water partition coefficient (Wildman–Crippen LogP) is 5.23. The lowest BCUT2D eigenvalue weighted by Crippen LogP contribution is -2.56. The maximum atomic E-state index is 12.5. The number of carbonyl (C=O) groups excluding carboxylic acids is 2. The summed E-state index contributed by atoms with van der Waals surface area (Å²) in [7, 11) is 0. The molecule has 2 aromatic rings. The quantitative estimate of drug-likeness (QED) is 0.655. The van der Waals surface area contributed by atoms with Crippen LogP contribution in [0.3, 0.4) is 0 Å². The molecule has 4 bridgehead atoms. The highest BCUT2D eigenvalue weighted by Crippen LogP contribution is 2.61. The van der Waals surface area contributed by atoms with Crippen molar-refractivity contribution in [2.75, 3.05) is 6.61 Å². The maximum Gasteiger partial charge on any atom is 0.338 e. The van der Waals surface area contributed by atoms with E-state index in [2.05, 4.69) is 12.2 Å². The van der Waals surface area contributed by atoms with Gasteiger partial charge < -0.3 is 10.1 Å². The van der Waals surface area contributed by atoms with Crippen LogP contribution >= 0.6 is 0 Å². The topological polar surface area (TPSA) is 55.4 Å². The molecule has 0 heterocycles. The first-order valence-electron chi connectivity index (χ1n) is 11.6. The average molecular weight is 418 g/mol. The van der Waals surface area contributed by atoms with Gasteiger partial charge in [-0.1, -0.05) is 42.5 Å². The highest BCUT2D eigenvalue weighted by Gasteiger charge is 2.53. The van der Waals surface area contributed by atoms with Crippen LogP contribution < -0.4 is 5.32 Å². The summed E-state index contributed by atoms with van der Waals surface area (Å²) < 4.78 is 5.30. The first kappa shape index (κ1) is 20.3. The van der Waals surface area contributed by atoms with Crippen molar-refractivity contribution in [3.63, 3.8) is 0 Å². The van der Waals surface area contributed by atoms with E-state index >= 15 is 0 Å². The molecule has 1 N–H and O–H groups in total. The van der Waals surface area contributed by atoms with Gasteiger partial charge in [0.2, 0.25) is 0 Å². The fraction of sp³-hybridized carbons (Fsp3) is 0.481. The summed E-state index contributed by atoms with van der Waals surface area (Å²) in [6.07, 6.45) is 7.90. The van der Waals surface area contributed by atoms with Crippen LogP contribution in [-0.4, -0.2) is 24.5 Å². The van der Waals surface area contributed by atoms with Crippen molar-refractivity contribution in [1.29, 1.82) is 0 Å². The maximum absolute atomic E-state index is 12.5. The number of esters is 1. The molecule has 1 amide bonds. The van der Waals surface area contributed by atoms with Crippen molar-refractivity contribution in [2.45, 2.75) is 51.5 Å². The van der Waals surface area contributed by atoms with Gasteiger partial charge in [0.15, 0.2) is 6.61 Å². The van der Waals surface area contributed by atoms with Crippen LogP contribution in [0.25, 0.3) is 11.1 Å². The average Bonchev–Trinajstić information content (AvgIpc) is 2.77. The minimum Gasteiger partial charge on any atom is -0.452 e. The second-order valence-electron chi connectivity index (χ2n) is 10.1. The third kappa shape index (κ3) is 4.13. The van der Waals surface area contributed by atoms with Crippen LogP contribution in [0.4, 0.5) is 0 Å². The van der Waals surface area contributed by atoms with Gasteiger partial charge in [-0.15, -0.1) is 0 Å². The lowest BCUT2D eigenvalue weighted by atomic mass is 9.48. The Morgan fingerprint density at radius 2 is 1.45 bits per heavy atom. The zero-order valence-corrected chi connectivity index (χ0v) is 18.2. The van der Waals surface area contributed by atoms with E-state index < -0.39 is 5.97 Å². The molecule has 2 aromatic carbocycles. The highest BCUT2D eigenvalue weighted by atomic mass is 16.5. The summed E-state index contributed by atoms with van der Waals surface area (Å²) >= 11 is 0. The summed E-state index contributed by atoms with van der Waals surface area (Å²) in [5.74, 6) is 1.89. The molecule has 4 heteroatoms. The van der Waals surface area contributed by atoms with E-state index in [0.717, 1.165) is 28.9 Å². The fourth-order valence-electron chi connectivity index (χ4n) is 6.79. The molecule has 0 aliphatic heterocycles. The van der Waals surface area contributed by atoms with E-state index in [1.54, 1.807) is 12.1 Å². The molecule has 4 aliphatic carbocycles. The molecule has 0 radical (unpaired) electrons. The monoisotopic (exact) mass is 417 g/mol. The summed E-state index contributed by atoms with van der Waals surface area (Å²) in [5.41, 5.74) is 2.85. The van der Waals surface area contributed by atoms with E-state index in [-0.39, 0.29) is 24.0 Å². The summed E-state index contributed by atoms with van der Waals surface area (Å²) in [6, 6.07) is 17.5. The van der Waals surface area contributed by atoms with E-state index in [9.17, 15) is 9.59 Å². The minimum atomic E-state index is -0.461. The van der Waals surface area contributed by atoms with Crippen molar-refractivity contribution < 1.29 is 14.3 Å². The molecular formula is C27H31NO3. The minimum absolute atomic E-state index is 0.136. The second kappa shape index (κ2) is 8.14. The molecule has 1 atom stereocenters. The largest absolute Gasteiger partial charge is 0.452 e. The molecule has 0 unspecified atom stereocenters. The van der Waals surface area contributed by atoms with E-state index in [0.29, 0.717) is 5.56 Å². The molecule has 4 aliphatic rings. The van der Waals surface area contributed by atoms with Crippen LogP contribution in [0.15, 0.2) is 54.6 Å². The van der Waals surface area contributed by atoms with Crippen LogP contribution in [0.1, 0.15) is 55.8 Å². The van der Waals surface area contributed by atoms with Gasteiger partial charge in [0.05, 0.1) is 5.56 Å². The van der Waals surface area contributed by atoms with Crippen LogP contribution in [0, 0.1) is 23.2 Å². The summed E-state index contributed by atoms with van der Waals surface area (Å²) in [4.78, 5) is 24.9. The number of nitrogens with one attached hydrogen (secondary N) is 1. The Morgan fingerprint density at radius 1 is 0.903 bits per heavy atom. The SMILES string of the molecule is C[C@@H](NC(=O)COC(=O)c1ccc(-c2ccccc2)cc1)C12CC3CC(CC(C3)C1)C2. The molecule has 31 heavy (non-hydrogen) atoms. The van der Waals surface area contributed by atoms with Gasteiger partial charge in [0.25, 0.3) is 5.91 Å². The number of hydrogen-bond donors (Lipinski definition) is 1. The molecule has 4 fully saturated rings. The van der Waals surface area contributed by atoms with Crippen molar-refractivity contribution in [3.8, 4) is 11.1 Å². The number of benzene rings is 2. The molecule has 0 saturated heterocycles. The van der Waals surface area contributed by atoms with Crippen molar-refractivity contribution in [2.24, 2.45) is 23.2 Å². The molecular weight excluding hydrogens is 386 g/mol. The number of carbonyl (C=O) groups is 2. The van der Waals surface area contributed by atoms with Gasteiger partial charge in [-0.2, -0.15) is 0 Å². The van der Waals surface area contributed by atoms with Gasteiger partial charge in [0, 0.05) is 6.04 Å². The first-order valence-corrected chi connectivity index (χ1v) is 11.6. The Morgan fingerprint density at radius 3 is 2.03 bits per heavy atom. The lowest BCUT2D eigenvalue weighted by Gasteiger charge is -2.59. The van der Waals surface area contributed by atoms with Gasteiger partial charge in [-0.25, -0.2) is 4.79 Å². The van der Waals surface area contributed by atoms with E-state index in [1.165, 1.54) is 38.5 Å². The third-order valence-electron chi connectivity index (χ3n) is 7.94. The van der Waals surface area contributed by atoms with Gasteiger partial charge >= 0.3 is 5.97 Å². The standard InChI is InChI=1S/C27H31NO3/c1-18(27-14-19-11-20(15-27)13-21(12-19)16-27)28-25(29)17-31-26(30)24-9-7-23(8-10-24)22-5-3-2-4-6-22/h2-10,18-21H,11-17H2,1H3,(H,28,29)/t18-,19?,20?,21?,27?/m1/s1. The Balaban J connectivity index is 1.14. The third-order valence-corrected chi connectivity index (χ3v) is 7.94. The Kier molecular flexibility index (Phi) is 5.33. The Hall–Kier alpha value is -2.62. The predicted molar refractivity (Wildman–Crippen MR) is 120 cm³/mol. The molecule has 162 valence electrons. The van der Waals surface area contributed by atoms with Crippen LogP contribution in [0.2, 0.25) is 0 Å². The highest BCUT2D eigenvalue weighted by molar-refractivity contribution is 5.91. The van der Waals surface area contributed by atoms with E-state index in [4.69, 9.17) is 4.74 Å². The van der Waals surface area contributed by atoms with Crippen LogP contribution in [0.5, 0.6) is 0 Å². The van der Waals surface area contributed by atoms with Crippen molar-refractivity contribution >= 4 is 11.9 Å². The van der Waals surface area contributed by atoms with Gasteiger partial charge in [-0.05, 0) is 91.9 Å². The smallest absolute Gasteiger partial charge is 0.338 e. The van der Waals surface area contributed by atoms with Crippen molar-refractivity contribution in [3.05, 3.63) is 60.2 Å². The number of hydrogen-bond acceptors (Lipinski definition) is 3. The number of rotatable bonds is 6. The van der Waals surface area contributed by atoms with E-state index in [1.807, 2.05) is 42.5 Å². The number of ether oxygens (including phenoxy) is 1. The molecule has 6 rings (SSSR count). The molecule has 4 saturated carbocycles. The molecule has 0 aromatic heterocycles. The second-order valence-corrected chi connectivity index (χ2v) is 10.1. The first-order chi connectivity index (χ1) is 15.0. The Bertz CT molecular complexity index is 915. The fourth-order valence-corrected chi connectivity index (χ4v) is 6.79. The molecule has 4 nitrogen and oxygen atoms in total.